The van der Waals surface area contributed by atoms with Crippen LogP contribution in [-0.4, -0.2) is 31.7 Å². The highest BCUT2D eigenvalue weighted by molar-refractivity contribution is 5.98. The molecule has 1 atom stereocenters. The number of anilines is 1. The van der Waals surface area contributed by atoms with E-state index < -0.39 is 5.54 Å². The molecule has 126 valence electrons. The number of aryl methyl sites for hydroxylation is 1. The zero-order chi connectivity index (χ0) is 16.2. The summed E-state index contributed by atoms with van der Waals surface area (Å²) in [5.41, 5.74) is 6.70. The normalized spacial score (nSPS) is 13.0. The molecule has 1 heterocycles. The van der Waals surface area contributed by atoms with Gasteiger partial charge in [-0.05, 0) is 42.8 Å². The lowest BCUT2D eigenvalue weighted by Crippen LogP contribution is -2.48. The molecule has 3 N–H and O–H groups in total. The highest BCUT2D eigenvalue weighted by Crippen LogP contribution is 2.21. The summed E-state index contributed by atoms with van der Waals surface area (Å²) in [6.45, 7) is 6.39. The predicted molar refractivity (Wildman–Crippen MR) is 92.3 cm³/mol. The van der Waals surface area contributed by atoms with E-state index in [1.807, 2.05) is 38.1 Å². The molecular weight excluding hydrogens is 316 g/mol. The number of hydrogen-bond acceptors (Lipinski definition) is 5. The molecule has 1 aromatic heterocycles. The Morgan fingerprint density at radius 2 is 2.13 bits per heavy atom. The molecule has 0 spiro atoms. The van der Waals surface area contributed by atoms with Crippen molar-refractivity contribution in [1.82, 2.24) is 20.2 Å². The van der Waals surface area contributed by atoms with Gasteiger partial charge in [0.2, 0.25) is 5.91 Å². The van der Waals surface area contributed by atoms with Crippen LogP contribution in [0.5, 0.6) is 0 Å². The molecule has 0 aliphatic rings. The lowest BCUT2D eigenvalue weighted by Gasteiger charge is -2.22. The lowest BCUT2D eigenvalue weighted by atomic mass is 9.96. The minimum absolute atomic E-state index is 0. The van der Waals surface area contributed by atoms with Crippen LogP contribution < -0.4 is 11.1 Å². The fourth-order valence-corrected chi connectivity index (χ4v) is 2.27. The number of hydrogen-bond donors (Lipinski definition) is 2. The van der Waals surface area contributed by atoms with Gasteiger partial charge in [-0.15, -0.1) is 17.5 Å². The third kappa shape index (κ3) is 4.49. The van der Waals surface area contributed by atoms with Crippen LogP contribution in [0.1, 0.15) is 33.6 Å². The molecule has 7 nitrogen and oxygen atoms in total. The second kappa shape index (κ2) is 8.03. The average Bonchev–Trinajstić information content (AvgIpc) is 2.96. The Balaban J connectivity index is 0.00000264. The number of amides is 1. The van der Waals surface area contributed by atoms with E-state index in [9.17, 15) is 4.79 Å². The van der Waals surface area contributed by atoms with E-state index in [0.29, 0.717) is 24.5 Å². The first-order valence-electron chi connectivity index (χ1n) is 7.45. The molecule has 23 heavy (non-hydrogen) atoms. The van der Waals surface area contributed by atoms with Gasteiger partial charge >= 0.3 is 0 Å². The van der Waals surface area contributed by atoms with Crippen LogP contribution in [0, 0.1) is 0 Å². The van der Waals surface area contributed by atoms with E-state index >= 15 is 0 Å². The molecule has 0 saturated heterocycles. The smallest absolute Gasteiger partial charge is 0.244 e. The zero-order valence-corrected chi connectivity index (χ0v) is 14.4. The third-order valence-corrected chi connectivity index (χ3v) is 3.50. The molecule has 2 aromatic rings. The van der Waals surface area contributed by atoms with Crippen molar-refractivity contribution in [3.63, 3.8) is 0 Å². The molecule has 0 aliphatic heterocycles. The maximum absolute atomic E-state index is 12.3. The van der Waals surface area contributed by atoms with Crippen LogP contribution in [0.4, 0.5) is 5.69 Å². The number of nitrogens with one attached hydrogen (secondary N) is 1. The van der Waals surface area contributed by atoms with Gasteiger partial charge in [0, 0.05) is 17.8 Å². The number of tetrazole rings is 1. The van der Waals surface area contributed by atoms with E-state index in [1.165, 1.54) is 0 Å². The number of carbonyl (C=O) groups excluding carboxylic acids is 1. The topological polar surface area (TPSA) is 98.7 Å². The van der Waals surface area contributed by atoms with Gasteiger partial charge in [0.05, 0.1) is 5.54 Å². The van der Waals surface area contributed by atoms with E-state index in [-0.39, 0.29) is 18.3 Å². The Hall–Kier alpha value is -1.99. The number of carbonyl (C=O) groups is 1. The Kier molecular flexibility index (Phi) is 6.65. The first-order chi connectivity index (χ1) is 10.5. The Morgan fingerprint density at radius 1 is 1.39 bits per heavy atom. The minimum Gasteiger partial charge on any atom is -0.324 e. The van der Waals surface area contributed by atoms with Crippen LogP contribution in [-0.2, 0) is 11.3 Å². The van der Waals surface area contributed by atoms with Crippen LogP contribution in [0.25, 0.3) is 11.4 Å². The van der Waals surface area contributed by atoms with Crippen LogP contribution in [0.3, 0.4) is 0 Å². The van der Waals surface area contributed by atoms with Gasteiger partial charge in [-0.25, -0.2) is 4.68 Å². The SMILES string of the molecule is CCCC(C)(N)C(=O)Nc1cccc(-c2nnnn2CC)c1.Cl. The van der Waals surface area contributed by atoms with Crippen molar-refractivity contribution >= 4 is 24.0 Å². The zero-order valence-electron chi connectivity index (χ0n) is 13.6. The largest absolute Gasteiger partial charge is 0.324 e. The summed E-state index contributed by atoms with van der Waals surface area (Å²) in [7, 11) is 0. The number of aromatic nitrogens is 4. The van der Waals surface area contributed by atoms with Crippen LogP contribution in [0.15, 0.2) is 24.3 Å². The van der Waals surface area contributed by atoms with Crippen molar-refractivity contribution in [2.75, 3.05) is 5.32 Å². The van der Waals surface area contributed by atoms with E-state index in [0.717, 1.165) is 12.0 Å². The summed E-state index contributed by atoms with van der Waals surface area (Å²) in [6, 6.07) is 7.43. The van der Waals surface area contributed by atoms with Crippen molar-refractivity contribution in [2.24, 2.45) is 5.73 Å². The number of benzene rings is 1. The quantitative estimate of drug-likeness (QED) is 0.841. The molecule has 1 unspecified atom stereocenters. The lowest BCUT2D eigenvalue weighted by molar-refractivity contribution is -0.120. The van der Waals surface area contributed by atoms with E-state index in [1.54, 1.807) is 11.6 Å². The average molecular weight is 339 g/mol. The summed E-state index contributed by atoms with van der Waals surface area (Å²) >= 11 is 0. The van der Waals surface area contributed by atoms with Crippen molar-refractivity contribution in [2.45, 2.75) is 45.7 Å². The molecule has 1 aromatic carbocycles. The first-order valence-corrected chi connectivity index (χ1v) is 7.45. The summed E-state index contributed by atoms with van der Waals surface area (Å²) in [5, 5.41) is 14.5. The van der Waals surface area contributed by atoms with Gasteiger partial charge in [0.25, 0.3) is 0 Å². The number of halogens is 1. The molecule has 0 fully saturated rings. The Labute approximate surface area is 142 Å². The molecule has 0 saturated carbocycles. The summed E-state index contributed by atoms with van der Waals surface area (Å²) in [4.78, 5) is 12.3. The van der Waals surface area contributed by atoms with E-state index in [2.05, 4.69) is 20.8 Å². The van der Waals surface area contributed by atoms with Crippen molar-refractivity contribution < 1.29 is 4.79 Å². The predicted octanol–water partition coefficient (Wildman–Crippen LogP) is 2.24. The molecule has 8 heteroatoms. The number of nitrogens with two attached hydrogens (primary N) is 1. The summed E-state index contributed by atoms with van der Waals surface area (Å²) < 4.78 is 1.70. The molecule has 2 rings (SSSR count). The summed E-state index contributed by atoms with van der Waals surface area (Å²) in [5.74, 6) is 0.476. The van der Waals surface area contributed by atoms with Crippen molar-refractivity contribution in [3.8, 4) is 11.4 Å². The molecule has 0 bridgehead atoms. The standard InChI is InChI=1S/C15H22N6O.ClH/c1-4-9-15(3,16)14(22)17-12-8-6-7-11(10-12)13-18-19-20-21(13)5-2;/h6-8,10H,4-5,9,16H2,1-3H3,(H,17,22);1H. The number of nitrogens with zero attached hydrogens (tertiary/aromatic N) is 4. The van der Waals surface area contributed by atoms with Crippen LogP contribution in [0.2, 0.25) is 0 Å². The Morgan fingerprint density at radius 3 is 2.78 bits per heavy atom. The molecule has 0 radical (unpaired) electrons. The molecular formula is C15H23ClN6O. The third-order valence-electron chi connectivity index (χ3n) is 3.50. The van der Waals surface area contributed by atoms with Gasteiger partial charge in [0.15, 0.2) is 5.82 Å². The fraction of sp³-hybridized carbons (Fsp3) is 0.467. The highest BCUT2D eigenvalue weighted by Gasteiger charge is 2.27. The first kappa shape index (κ1) is 19.1. The molecule has 0 aliphatic carbocycles. The van der Waals surface area contributed by atoms with Gasteiger partial charge in [-0.2, -0.15) is 0 Å². The van der Waals surface area contributed by atoms with Gasteiger partial charge < -0.3 is 11.1 Å². The second-order valence-electron chi connectivity index (χ2n) is 5.52. The highest BCUT2D eigenvalue weighted by atomic mass is 35.5. The van der Waals surface area contributed by atoms with Crippen molar-refractivity contribution in [3.05, 3.63) is 24.3 Å². The maximum Gasteiger partial charge on any atom is 0.244 e. The van der Waals surface area contributed by atoms with E-state index in [4.69, 9.17) is 5.73 Å². The maximum atomic E-state index is 12.3. The van der Waals surface area contributed by atoms with Crippen LogP contribution >= 0.6 is 12.4 Å². The minimum atomic E-state index is -0.879. The summed E-state index contributed by atoms with van der Waals surface area (Å²) in [6.07, 6.45) is 1.48. The van der Waals surface area contributed by atoms with Gasteiger partial charge in [-0.3, -0.25) is 4.79 Å². The second-order valence-corrected chi connectivity index (χ2v) is 5.52. The monoisotopic (exact) mass is 338 g/mol. The Bertz CT molecular complexity index is 655. The number of rotatable bonds is 6. The van der Waals surface area contributed by atoms with Gasteiger partial charge in [0.1, 0.15) is 0 Å². The van der Waals surface area contributed by atoms with Crippen molar-refractivity contribution in [1.29, 1.82) is 0 Å². The fourth-order valence-electron chi connectivity index (χ4n) is 2.27. The molecule has 1 amide bonds. The van der Waals surface area contributed by atoms with Gasteiger partial charge in [-0.1, -0.05) is 25.5 Å².